The summed E-state index contributed by atoms with van der Waals surface area (Å²) in [4.78, 5) is 37.0. The summed E-state index contributed by atoms with van der Waals surface area (Å²) in [5.41, 5.74) is -0.0351. The lowest BCUT2D eigenvalue weighted by Gasteiger charge is -2.23. The molecular formula is C17H21ClN2O4. The van der Waals surface area contributed by atoms with Crippen LogP contribution in [0.5, 0.6) is 0 Å². The number of carbonyl (C=O) groups is 3. The number of hydrogen-bond acceptors (Lipinski definition) is 3. The molecule has 1 aromatic carbocycles. The SMILES string of the molecule is CC(C)(CC(=O)O)CC(=O)NC1CCN(c2ccccc2Cl)C1=O. The molecule has 0 radical (unpaired) electrons. The summed E-state index contributed by atoms with van der Waals surface area (Å²) in [5.74, 6) is -1.47. The van der Waals surface area contributed by atoms with Crippen molar-refractivity contribution in [2.75, 3.05) is 11.4 Å². The van der Waals surface area contributed by atoms with E-state index < -0.39 is 17.4 Å². The van der Waals surface area contributed by atoms with Gasteiger partial charge < -0.3 is 15.3 Å². The highest BCUT2D eigenvalue weighted by Crippen LogP contribution is 2.29. The van der Waals surface area contributed by atoms with Gasteiger partial charge in [-0.3, -0.25) is 14.4 Å². The highest BCUT2D eigenvalue weighted by molar-refractivity contribution is 6.34. The number of halogens is 1. The molecule has 7 heteroatoms. The Morgan fingerprint density at radius 1 is 1.33 bits per heavy atom. The minimum atomic E-state index is -0.949. The number of carboxylic acids is 1. The van der Waals surface area contributed by atoms with E-state index in [9.17, 15) is 14.4 Å². The molecule has 1 heterocycles. The second-order valence-electron chi connectivity index (χ2n) is 6.76. The van der Waals surface area contributed by atoms with E-state index >= 15 is 0 Å². The Morgan fingerprint density at radius 2 is 2.00 bits per heavy atom. The van der Waals surface area contributed by atoms with Crippen molar-refractivity contribution in [3.63, 3.8) is 0 Å². The van der Waals surface area contributed by atoms with Crippen molar-refractivity contribution in [3.05, 3.63) is 29.3 Å². The summed E-state index contributed by atoms with van der Waals surface area (Å²) < 4.78 is 0. The first-order valence-electron chi connectivity index (χ1n) is 7.77. The topological polar surface area (TPSA) is 86.7 Å². The van der Waals surface area contributed by atoms with Crippen molar-refractivity contribution in [3.8, 4) is 0 Å². The number of nitrogens with zero attached hydrogens (tertiary/aromatic N) is 1. The molecule has 1 fully saturated rings. The van der Waals surface area contributed by atoms with Crippen molar-refractivity contribution >= 4 is 35.1 Å². The fraction of sp³-hybridized carbons (Fsp3) is 0.471. The molecule has 2 N–H and O–H groups in total. The second-order valence-corrected chi connectivity index (χ2v) is 7.17. The van der Waals surface area contributed by atoms with Gasteiger partial charge in [-0.2, -0.15) is 0 Å². The predicted molar refractivity (Wildman–Crippen MR) is 91.0 cm³/mol. The summed E-state index contributed by atoms with van der Waals surface area (Å²) in [6.45, 7) is 3.91. The Kier molecular flexibility index (Phi) is 5.49. The first-order valence-corrected chi connectivity index (χ1v) is 8.14. The number of benzene rings is 1. The first kappa shape index (κ1) is 18.3. The van der Waals surface area contributed by atoms with Gasteiger partial charge in [0.2, 0.25) is 11.8 Å². The number of anilines is 1. The lowest BCUT2D eigenvalue weighted by molar-refractivity contribution is -0.140. The molecule has 1 atom stereocenters. The van der Waals surface area contributed by atoms with Crippen LogP contribution in [0.15, 0.2) is 24.3 Å². The van der Waals surface area contributed by atoms with Gasteiger partial charge >= 0.3 is 5.97 Å². The summed E-state index contributed by atoms with van der Waals surface area (Å²) in [6, 6.07) is 6.46. The predicted octanol–water partition coefficient (Wildman–Crippen LogP) is 2.45. The average molecular weight is 353 g/mol. The number of carbonyl (C=O) groups excluding carboxylic acids is 2. The Hall–Kier alpha value is -2.08. The van der Waals surface area contributed by atoms with Gasteiger partial charge in [-0.15, -0.1) is 0 Å². The van der Waals surface area contributed by atoms with Crippen LogP contribution in [-0.4, -0.2) is 35.5 Å². The first-order chi connectivity index (χ1) is 11.2. The van der Waals surface area contributed by atoms with Crippen LogP contribution in [0.2, 0.25) is 5.02 Å². The zero-order valence-electron chi connectivity index (χ0n) is 13.7. The van der Waals surface area contributed by atoms with Crippen LogP contribution in [0.3, 0.4) is 0 Å². The maximum atomic E-state index is 12.5. The van der Waals surface area contributed by atoms with Crippen LogP contribution < -0.4 is 10.2 Å². The van der Waals surface area contributed by atoms with Gasteiger partial charge in [-0.1, -0.05) is 37.6 Å². The van der Waals surface area contributed by atoms with E-state index in [4.69, 9.17) is 16.7 Å². The fourth-order valence-electron chi connectivity index (χ4n) is 2.88. The Morgan fingerprint density at radius 3 is 2.62 bits per heavy atom. The van der Waals surface area contributed by atoms with Gasteiger partial charge in [0.1, 0.15) is 6.04 Å². The summed E-state index contributed by atoms with van der Waals surface area (Å²) in [5, 5.41) is 12.1. The monoisotopic (exact) mass is 352 g/mol. The number of rotatable bonds is 6. The van der Waals surface area contributed by atoms with Crippen molar-refractivity contribution in [2.45, 2.75) is 39.2 Å². The number of aliphatic carboxylic acids is 1. The molecule has 1 aliphatic rings. The van der Waals surface area contributed by atoms with E-state index in [0.29, 0.717) is 23.7 Å². The molecule has 0 aliphatic carbocycles. The van der Waals surface area contributed by atoms with Crippen LogP contribution in [-0.2, 0) is 14.4 Å². The summed E-state index contributed by atoms with van der Waals surface area (Å²) in [6.07, 6.45) is 0.440. The third-order valence-corrected chi connectivity index (χ3v) is 4.27. The molecule has 1 unspecified atom stereocenters. The van der Waals surface area contributed by atoms with Crippen molar-refractivity contribution < 1.29 is 19.5 Å². The highest BCUT2D eigenvalue weighted by Gasteiger charge is 2.35. The molecule has 1 saturated heterocycles. The molecule has 0 saturated carbocycles. The number of para-hydroxylation sites is 1. The normalized spacial score (nSPS) is 17.9. The molecule has 2 amide bonds. The molecule has 0 bridgehead atoms. The number of nitrogens with one attached hydrogen (secondary N) is 1. The van der Waals surface area contributed by atoms with E-state index in [2.05, 4.69) is 5.32 Å². The van der Waals surface area contributed by atoms with E-state index in [1.54, 1.807) is 43.0 Å². The second kappa shape index (κ2) is 7.21. The molecular weight excluding hydrogens is 332 g/mol. The average Bonchev–Trinajstić information content (AvgIpc) is 2.78. The minimum Gasteiger partial charge on any atom is -0.481 e. The van der Waals surface area contributed by atoms with E-state index in [0.717, 1.165) is 0 Å². The molecule has 24 heavy (non-hydrogen) atoms. The van der Waals surface area contributed by atoms with Gasteiger partial charge in [0.05, 0.1) is 17.1 Å². The number of carboxylic acid groups (broad SMARTS) is 1. The van der Waals surface area contributed by atoms with Crippen molar-refractivity contribution in [2.24, 2.45) is 5.41 Å². The molecule has 0 spiro atoms. The molecule has 130 valence electrons. The van der Waals surface area contributed by atoms with Crippen LogP contribution >= 0.6 is 11.6 Å². The third kappa shape index (κ3) is 4.47. The van der Waals surface area contributed by atoms with Gasteiger partial charge in [0.25, 0.3) is 0 Å². The van der Waals surface area contributed by atoms with Crippen molar-refractivity contribution in [1.29, 1.82) is 0 Å². The van der Waals surface area contributed by atoms with Crippen LogP contribution in [0.25, 0.3) is 0 Å². The quantitative estimate of drug-likeness (QED) is 0.823. The Bertz CT molecular complexity index is 660. The molecule has 6 nitrogen and oxygen atoms in total. The maximum Gasteiger partial charge on any atom is 0.303 e. The van der Waals surface area contributed by atoms with E-state index in [1.807, 2.05) is 0 Å². The molecule has 1 aromatic rings. The smallest absolute Gasteiger partial charge is 0.303 e. The largest absolute Gasteiger partial charge is 0.481 e. The van der Waals surface area contributed by atoms with Gasteiger partial charge in [-0.05, 0) is 24.0 Å². The lowest BCUT2D eigenvalue weighted by atomic mass is 9.85. The molecule has 0 aromatic heterocycles. The standard InChI is InChI=1S/C17H21ClN2O4/c1-17(2,10-15(22)23)9-14(21)19-12-7-8-20(16(12)24)13-6-4-3-5-11(13)18/h3-6,12H,7-10H2,1-2H3,(H,19,21)(H,22,23). The van der Waals surface area contributed by atoms with Crippen LogP contribution in [0, 0.1) is 5.41 Å². The third-order valence-electron chi connectivity index (χ3n) is 3.95. The number of hydrogen-bond donors (Lipinski definition) is 2. The van der Waals surface area contributed by atoms with Gasteiger partial charge in [0.15, 0.2) is 0 Å². The zero-order valence-corrected chi connectivity index (χ0v) is 14.5. The van der Waals surface area contributed by atoms with Crippen LogP contribution in [0.4, 0.5) is 5.69 Å². The highest BCUT2D eigenvalue weighted by atomic mass is 35.5. The summed E-state index contributed by atoms with van der Waals surface area (Å²) >= 11 is 6.12. The minimum absolute atomic E-state index is 0.0508. The number of amides is 2. The van der Waals surface area contributed by atoms with E-state index in [1.165, 1.54) is 0 Å². The maximum absolute atomic E-state index is 12.5. The Balaban J connectivity index is 1.97. The zero-order chi connectivity index (χ0) is 17.9. The Labute approximate surface area is 145 Å². The van der Waals surface area contributed by atoms with Crippen LogP contribution in [0.1, 0.15) is 33.1 Å². The molecule has 1 aliphatic heterocycles. The lowest BCUT2D eigenvalue weighted by Crippen LogP contribution is -2.43. The van der Waals surface area contributed by atoms with Gasteiger partial charge in [-0.25, -0.2) is 0 Å². The molecule has 2 rings (SSSR count). The van der Waals surface area contributed by atoms with Crippen molar-refractivity contribution in [1.82, 2.24) is 5.32 Å². The summed E-state index contributed by atoms with van der Waals surface area (Å²) in [7, 11) is 0. The van der Waals surface area contributed by atoms with Gasteiger partial charge in [0, 0.05) is 13.0 Å². The fourth-order valence-corrected chi connectivity index (χ4v) is 3.11. The van der Waals surface area contributed by atoms with E-state index in [-0.39, 0.29) is 24.7 Å².